The van der Waals surface area contributed by atoms with Crippen LogP contribution < -0.4 is 10.0 Å². The highest BCUT2D eigenvalue weighted by atomic mass is 79.9. The first-order valence-corrected chi connectivity index (χ1v) is 8.46. The summed E-state index contributed by atoms with van der Waals surface area (Å²) in [6.07, 6.45) is 0. The van der Waals surface area contributed by atoms with Crippen LogP contribution in [-0.4, -0.2) is 20.1 Å². The minimum atomic E-state index is -3.81. The molecule has 0 aliphatic carbocycles. The standard InChI is InChI=1S/C14H15BrN2O3S/c1-2-17(11-4-3-5-12(18)9-11)21(19,20)14-8-10(15)6-7-13(14)16/h3-9,18H,2,16H2,1H3. The van der Waals surface area contributed by atoms with Gasteiger partial charge in [-0.3, -0.25) is 4.31 Å². The highest BCUT2D eigenvalue weighted by molar-refractivity contribution is 9.10. The molecule has 0 atom stereocenters. The van der Waals surface area contributed by atoms with Gasteiger partial charge in [-0.05, 0) is 37.3 Å². The van der Waals surface area contributed by atoms with Gasteiger partial charge in [-0.15, -0.1) is 0 Å². The number of nitrogens with two attached hydrogens (primary N) is 1. The van der Waals surface area contributed by atoms with Crippen molar-refractivity contribution in [3.8, 4) is 5.75 Å². The highest BCUT2D eigenvalue weighted by Gasteiger charge is 2.26. The maximum absolute atomic E-state index is 12.8. The van der Waals surface area contributed by atoms with E-state index in [0.717, 1.165) is 0 Å². The second-order valence-electron chi connectivity index (χ2n) is 4.37. The van der Waals surface area contributed by atoms with E-state index in [1.165, 1.54) is 28.6 Å². The Morgan fingerprint density at radius 2 is 1.95 bits per heavy atom. The minimum absolute atomic E-state index is 0.00311. The number of halogens is 1. The molecule has 2 rings (SSSR count). The number of rotatable bonds is 4. The predicted octanol–water partition coefficient (Wildman–Crippen LogP) is 2.95. The number of aromatic hydroxyl groups is 1. The van der Waals surface area contributed by atoms with Crippen LogP contribution in [0, 0.1) is 0 Å². The molecule has 0 spiro atoms. The maximum atomic E-state index is 12.8. The van der Waals surface area contributed by atoms with Crippen LogP contribution in [0.5, 0.6) is 5.75 Å². The monoisotopic (exact) mass is 370 g/mol. The van der Waals surface area contributed by atoms with Gasteiger partial charge in [0.1, 0.15) is 10.6 Å². The first-order chi connectivity index (χ1) is 9.86. The van der Waals surface area contributed by atoms with E-state index in [2.05, 4.69) is 15.9 Å². The number of hydrogen-bond donors (Lipinski definition) is 2. The smallest absolute Gasteiger partial charge is 0.266 e. The molecule has 2 aromatic rings. The summed E-state index contributed by atoms with van der Waals surface area (Å²) in [5.74, 6) is 0.00311. The average Bonchev–Trinajstić information content (AvgIpc) is 2.42. The van der Waals surface area contributed by atoms with E-state index < -0.39 is 10.0 Å². The summed E-state index contributed by atoms with van der Waals surface area (Å²) in [5.41, 5.74) is 6.36. The van der Waals surface area contributed by atoms with Gasteiger partial charge in [0, 0.05) is 17.1 Å². The number of hydrogen-bond acceptors (Lipinski definition) is 4. The van der Waals surface area contributed by atoms with Crippen LogP contribution in [0.1, 0.15) is 6.92 Å². The number of sulfonamides is 1. The summed E-state index contributed by atoms with van der Waals surface area (Å²) in [4.78, 5) is 0.0297. The van der Waals surface area contributed by atoms with Crippen molar-refractivity contribution in [3.05, 3.63) is 46.9 Å². The molecule has 0 saturated heterocycles. The van der Waals surface area contributed by atoms with Gasteiger partial charge in [0.15, 0.2) is 0 Å². The third-order valence-corrected chi connectivity index (χ3v) is 5.40. The fourth-order valence-electron chi connectivity index (χ4n) is 1.99. The summed E-state index contributed by atoms with van der Waals surface area (Å²) in [6, 6.07) is 10.8. The molecule has 0 aromatic heterocycles. The maximum Gasteiger partial charge on any atom is 0.266 e. The molecular formula is C14H15BrN2O3S. The van der Waals surface area contributed by atoms with Gasteiger partial charge >= 0.3 is 0 Å². The first kappa shape index (κ1) is 15.7. The molecule has 0 aliphatic heterocycles. The summed E-state index contributed by atoms with van der Waals surface area (Å²) in [5, 5.41) is 9.54. The molecular weight excluding hydrogens is 356 g/mol. The second kappa shape index (κ2) is 5.95. The fourth-order valence-corrected chi connectivity index (χ4v) is 4.11. The lowest BCUT2D eigenvalue weighted by molar-refractivity contribution is 0.475. The van der Waals surface area contributed by atoms with Crippen LogP contribution in [0.3, 0.4) is 0 Å². The van der Waals surface area contributed by atoms with E-state index >= 15 is 0 Å². The molecule has 0 amide bonds. The average molecular weight is 371 g/mol. The Balaban J connectivity index is 2.57. The van der Waals surface area contributed by atoms with Crippen LogP contribution in [0.15, 0.2) is 51.8 Å². The summed E-state index contributed by atoms with van der Waals surface area (Å²) in [6.45, 7) is 1.94. The van der Waals surface area contributed by atoms with Gasteiger partial charge in [-0.2, -0.15) is 0 Å². The largest absolute Gasteiger partial charge is 0.508 e. The third kappa shape index (κ3) is 3.14. The Morgan fingerprint density at radius 1 is 1.24 bits per heavy atom. The van der Waals surface area contributed by atoms with Crippen molar-refractivity contribution in [1.82, 2.24) is 0 Å². The van der Waals surface area contributed by atoms with E-state index in [9.17, 15) is 13.5 Å². The molecule has 0 aliphatic rings. The van der Waals surface area contributed by atoms with Crippen molar-refractivity contribution in [3.63, 3.8) is 0 Å². The third-order valence-electron chi connectivity index (χ3n) is 2.95. The fraction of sp³-hybridized carbons (Fsp3) is 0.143. The number of phenolic OH excluding ortho intramolecular Hbond substituents is 1. The van der Waals surface area contributed by atoms with Gasteiger partial charge in [0.2, 0.25) is 0 Å². The molecule has 21 heavy (non-hydrogen) atoms. The molecule has 2 aromatic carbocycles. The Hall–Kier alpha value is -1.73. The minimum Gasteiger partial charge on any atom is -0.508 e. The molecule has 5 nitrogen and oxygen atoms in total. The zero-order chi connectivity index (χ0) is 15.6. The Kier molecular flexibility index (Phi) is 4.43. The van der Waals surface area contributed by atoms with Crippen molar-refractivity contribution in [1.29, 1.82) is 0 Å². The van der Waals surface area contributed by atoms with Gasteiger partial charge in [0.25, 0.3) is 10.0 Å². The highest BCUT2D eigenvalue weighted by Crippen LogP contribution is 2.30. The van der Waals surface area contributed by atoms with Crippen LogP contribution >= 0.6 is 15.9 Å². The topological polar surface area (TPSA) is 83.6 Å². The quantitative estimate of drug-likeness (QED) is 0.810. The number of anilines is 2. The normalized spacial score (nSPS) is 11.3. The van der Waals surface area contributed by atoms with Crippen molar-refractivity contribution < 1.29 is 13.5 Å². The molecule has 0 fully saturated rings. The van der Waals surface area contributed by atoms with Gasteiger partial charge in [-0.25, -0.2) is 8.42 Å². The van der Waals surface area contributed by atoms with Crippen molar-refractivity contribution >= 4 is 37.3 Å². The lowest BCUT2D eigenvalue weighted by Crippen LogP contribution is -2.31. The molecule has 0 saturated carbocycles. The molecule has 7 heteroatoms. The van der Waals surface area contributed by atoms with Crippen LogP contribution in [0.4, 0.5) is 11.4 Å². The number of nitrogens with zero attached hydrogens (tertiary/aromatic N) is 1. The van der Waals surface area contributed by atoms with E-state index in [1.54, 1.807) is 25.1 Å². The molecule has 112 valence electrons. The van der Waals surface area contributed by atoms with E-state index in [0.29, 0.717) is 10.2 Å². The molecule has 0 radical (unpaired) electrons. The predicted molar refractivity (Wildman–Crippen MR) is 86.9 cm³/mol. The van der Waals surface area contributed by atoms with Crippen LogP contribution in [0.2, 0.25) is 0 Å². The first-order valence-electron chi connectivity index (χ1n) is 6.23. The second-order valence-corrected chi connectivity index (χ2v) is 7.12. The molecule has 0 unspecified atom stereocenters. The molecule has 0 heterocycles. The van der Waals surface area contributed by atoms with Crippen LogP contribution in [0.25, 0.3) is 0 Å². The number of benzene rings is 2. The van der Waals surface area contributed by atoms with Gasteiger partial charge in [-0.1, -0.05) is 22.0 Å². The molecule has 3 N–H and O–H groups in total. The van der Waals surface area contributed by atoms with E-state index in [1.807, 2.05) is 0 Å². The number of phenols is 1. The zero-order valence-corrected chi connectivity index (χ0v) is 13.7. The summed E-state index contributed by atoms with van der Waals surface area (Å²) in [7, 11) is -3.81. The lowest BCUT2D eigenvalue weighted by atomic mass is 10.3. The SMILES string of the molecule is CCN(c1cccc(O)c1)S(=O)(=O)c1cc(Br)ccc1N. The summed E-state index contributed by atoms with van der Waals surface area (Å²) >= 11 is 3.25. The van der Waals surface area contributed by atoms with Crippen LogP contribution in [-0.2, 0) is 10.0 Å². The Labute approximate surface area is 132 Å². The van der Waals surface area contributed by atoms with Gasteiger partial charge < -0.3 is 10.8 Å². The van der Waals surface area contributed by atoms with Crippen molar-refractivity contribution in [2.45, 2.75) is 11.8 Å². The molecule has 0 bridgehead atoms. The van der Waals surface area contributed by atoms with Crippen molar-refractivity contribution in [2.75, 3.05) is 16.6 Å². The lowest BCUT2D eigenvalue weighted by Gasteiger charge is -2.23. The van der Waals surface area contributed by atoms with E-state index in [4.69, 9.17) is 5.73 Å². The van der Waals surface area contributed by atoms with Gasteiger partial charge in [0.05, 0.1) is 11.4 Å². The van der Waals surface area contributed by atoms with E-state index in [-0.39, 0.29) is 22.9 Å². The van der Waals surface area contributed by atoms with Crippen molar-refractivity contribution in [2.24, 2.45) is 0 Å². The Morgan fingerprint density at radius 3 is 2.57 bits per heavy atom. The Bertz CT molecular complexity index is 763. The summed E-state index contributed by atoms with van der Waals surface area (Å²) < 4.78 is 27.4. The number of nitrogen functional groups attached to an aromatic ring is 1. The zero-order valence-electron chi connectivity index (χ0n) is 11.3.